The number of sulfone groups is 1. The molecule has 3 aromatic rings. The SMILES string of the molecule is CC(C)OC(=O)N1CC2COCC(C1)C2Oc1ncc(C#N)c(-n2ccc3cc(S(C)(=O)=O)ccc32)n1. The van der Waals surface area contributed by atoms with Crippen molar-refractivity contribution in [2.75, 3.05) is 32.6 Å². The molecule has 2 bridgehead atoms. The molecule has 37 heavy (non-hydrogen) atoms. The van der Waals surface area contributed by atoms with Crippen molar-refractivity contribution in [3.8, 4) is 17.9 Å². The van der Waals surface area contributed by atoms with E-state index in [0.717, 1.165) is 6.26 Å². The van der Waals surface area contributed by atoms with Crippen LogP contribution in [0.5, 0.6) is 6.01 Å². The van der Waals surface area contributed by atoms with E-state index in [9.17, 15) is 18.5 Å². The fourth-order valence-electron chi connectivity index (χ4n) is 4.85. The molecule has 12 heteroatoms. The van der Waals surface area contributed by atoms with Gasteiger partial charge in [0.15, 0.2) is 15.7 Å². The summed E-state index contributed by atoms with van der Waals surface area (Å²) in [6.45, 7) is 5.36. The van der Waals surface area contributed by atoms with Crippen molar-refractivity contribution in [1.82, 2.24) is 19.4 Å². The Morgan fingerprint density at radius 1 is 1.22 bits per heavy atom. The average molecular weight is 526 g/mol. The Bertz CT molecular complexity index is 1480. The van der Waals surface area contributed by atoms with E-state index in [-0.39, 0.29) is 46.6 Å². The molecule has 2 saturated heterocycles. The van der Waals surface area contributed by atoms with Crippen LogP contribution >= 0.6 is 0 Å². The fourth-order valence-corrected chi connectivity index (χ4v) is 5.51. The van der Waals surface area contributed by atoms with Gasteiger partial charge >= 0.3 is 12.1 Å². The fraction of sp³-hybridized carbons (Fsp3) is 0.440. The van der Waals surface area contributed by atoms with E-state index in [4.69, 9.17) is 14.2 Å². The molecule has 2 aliphatic heterocycles. The summed E-state index contributed by atoms with van der Waals surface area (Å²) in [5.74, 6) is 0.155. The lowest BCUT2D eigenvalue weighted by atomic mass is 9.85. The zero-order chi connectivity index (χ0) is 26.3. The lowest BCUT2D eigenvalue weighted by Gasteiger charge is -2.45. The number of likely N-dealkylation sites (tertiary alicyclic amines) is 1. The Labute approximate surface area is 214 Å². The predicted octanol–water partition coefficient (Wildman–Crippen LogP) is 2.57. The lowest BCUT2D eigenvalue weighted by Crippen LogP contribution is -2.59. The highest BCUT2D eigenvalue weighted by atomic mass is 32.2. The molecule has 0 saturated carbocycles. The molecule has 0 radical (unpaired) electrons. The van der Waals surface area contributed by atoms with Crippen LogP contribution in [0.3, 0.4) is 0 Å². The minimum atomic E-state index is -3.36. The van der Waals surface area contributed by atoms with Crippen LogP contribution in [0.15, 0.2) is 41.6 Å². The number of piperidine rings is 1. The number of rotatable bonds is 5. The maximum Gasteiger partial charge on any atom is 0.410 e. The van der Waals surface area contributed by atoms with Gasteiger partial charge in [0.05, 0.1) is 35.9 Å². The normalized spacial score (nSPS) is 21.6. The third kappa shape index (κ3) is 4.97. The van der Waals surface area contributed by atoms with E-state index in [1.54, 1.807) is 33.9 Å². The van der Waals surface area contributed by atoms with E-state index >= 15 is 0 Å². The predicted molar refractivity (Wildman–Crippen MR) is 132 cm³/mol. The van der Waals surface area contributed by atoms with Gasteiger partial charge < -0.3 is 19.1 Å². The Hall–Kier alpha value is -3.69. The van der Waals surface area contributed by atoms with Crippen LogP contribution in [-0.4, -0.2) is 78.7 Å². The number of carbonyl (C=O) groups excluding carboxylic acids is 1. The number of ether oxygens (including phenoxy) is 3. The largest absolute Gasteiger partial charge is 0.459 e. The number of amides is 1. The molecule has 2 unspecified atom stereocenters. The van der Waals surface area contributed by atoms with Gasteiger partial charge in [0.2, 0.25) is 0 Å². The Balaban J connectivity index is 1.43. The maximum atomic E-state index is 12.5. The second-order valence-electron chi connectivity index (χ2n) is 9.66. The highest BCUT2D eigenvalue weighted by molar-refractivity contribution is 7.90. The van der Waals surface area contributed by atoms with Gasteiger partial charge in [0, 0.05) is 42.8 Å². The molecule has 2 aromatic heterocycles. The Morgan fingerprint density at radius 2 is 1.95 bits per heavy atom. The van der Waals surface area contributed by atoms with Crippen LogP contribution < -0.4 is 4.74 Å². The maximum absolute atomic E-state index is 12.5. The molecule has 2 aliphatic rings. The molecule has 0 spiro atoms. The molecule has 2 fully saturated rings. The average Bonchev–Trinajstić information content (AvgIpc) is 3.26. The monoisotopic (exact) mass is 525 g/mol. The molecule has 5 rings (SSSR count). The number of nitrogens with zero attached hydrogens (tertiary/aromatic N) is 5. The highest BCUT2D eigenvalue weighted by Gasteiger charge is 2.44. The van der Waals surface area contributed by atoms with Gasteiger partial charge in [-0.05, 0) is 38.1 Å². The van der Waals surface area contributed by atoms with Gasteiger partial charge in [-0.1, -0.05) is 0 Å². The summed E-state index contributed by atoms with van der Waals surface area (Å²) in [6.07, 6.45) is 3.48. The van der Waals surface area contributed by atoms with Crippen LogP contribution in [0.4, 0.5) is 4.79 Å². The van der Waals surface area contributed by atoms with Crippen LogP contribution in [0.1, 0.15) is 19.4 Å². The molecular formula is C25H27N5O6S. The number of benzene rings is 1. The van der Waals surface area contributed by atoms with Crippen molar-refractivity contribution in [2.24, 2.45) is 11.8 Å². The number of nitriles is 1. The summed E-state index contributed by atoms with van der Waals surface area (Å²) in [4.78, 5) is 23.2. The number of fused-ring (bicyclic) bond motifs is 3. The van der Waals surface area contributed by atoms with Crippen LogP contribution in [-0.2, 0) is 19.3 Å². The summed E-state index contributed by atoms with van der Waals surface area (Å²) in [6, 6.07) is 8.79. The first-order valence-corrected chi connectivity index (χ1v) is 13.8. The summed E-state index contributed by atoms with van der Waals surface area (Å²) in [7, 11) is -3.36. The van der Waals surface area contributed by atoms with E-state index in [2.05, 4.69) is 16.0 Å². The first kappa shape index (κ1) is 25.0. The summed E-state index contributed by atoms with van der Waals surface area (Å²) < 4.78 is 43.0. The summed E-state index contributed by atoms with van der Waals surface area (Å²) >= 11 is 0. The van der Waals surface area contributed by atoms with Crippen molar-refractivity contribution >= 4 is 26.8 Å². The first-order valence-electron chi connectivity index (χ1n) is 11.9. The molecular weight excluding hydrogens is 498 g/mol. The van der Waals surface area contributed by atoms with Crippen LogP contribution in [0, 0.1) is 23.2 Å². The van der Waals surface area contributed by atoms with Gasteiger partial charge in [-0.15, -0.1) is 0 Å². The van der Waals surface area contributed by atoms with Crippen molar-refractivity contribution in [2.45, 2.75) is 31.0 Å². The smallest absolute Gasteiger partial charge is 0.410 e. The van der Waals surface area contributed by atoms with Gasteiger partial charge in [0.1, 0.15) is 17.7 Å². The molecule has 0 N–H and O–H groups in total. The topological polar surface area (TPSA) is 137 Å². The lowest BCUT2D eigenvalue weighted by molar-refractivity contribution is -0.112. The minimum Gasteiger partial charge on any atom is -0.459 e. The zero-order valence-corrected chi connectivity index (χ0v) is 21.5. The summed E-state index contributed by atoms with van der Waals surface area (Å²) in [5.41, 5.74) is 0.933. The third-order valence-corrected chi connectivity index (χ3v) is 7.63. The molecule has 194 valence electrons. The zero-order valence-electron chi connectivity index (χ0n) is 20.7. The van der Waals surface area contributed by atoms with E-state index < -0.39 is 9.84 Å². The molecule has 4 heterocycles. The summed E-state index contributed by atoms with van der Waals surface area (Å²) in [5, 5.41) is 10.4. The van der Waals surface area contributed by atoms with E-state index in [0.29, 0.717) is 43.0 Å². The van der Waals surface area contributed by atoms with Gasteiger partial charge in [-0.3, -0.25) is 4.57 Å². The van der Waals surface area contributed by atoms with Gasteiger partial charge in [0.25, 0.3) is 0 Å². The Morgan fingerprint density at radius 3 is 2.59 bits per heavy atom. The van der Waals surface area contributed by atoms with Crippen molar-refractivity contribution in [3.63, 3.8) is 0 Å². The quantitative estimate of drug-likeness (QED) is 0.492. The van der Waals surface area contributed by atoms with Crippen LogP contribution in [0.25, 0.3) is 16.7 Å². The van der Waals surface area contributed by atoms with Crippen LogP contribution in [0.2, 0.25) is 0 Å². The molecule has 0 aliphatic carbocycles. The number of carbonyl (C=O) groups is 1. The molecule has 1 aromatic carbocycles. The third-order valence-electron chi connectivity index (χ3n) is 6.52. The van der Waals surface area contributed by atoms with E-state index in [1.807, 2.05) is 13.8 Å². The van der Waals surface area contributed by atoms with Crippen molar-refractivity contribution < 1.29 is 27.4 Å². The number of hydrogen-bond donors (Lipinski definition) is 0. The van der Waals surface area contributed by atoms with Gasteiger partial charge in [-0.2, -0.15) is 10.2 Å². The molecule has 11 nitrogen and oxygen atoms in total. The van der Waals surface area contributed by atoms with Crippen molar-refractivity contribution in [1.29, 1.82) is 5.26 Å². The highest BCUT2D eigenvalue weighted by Crippen LogP contribution is 2.32. The van der Waals surface area contributed by atoms with E-state index in [1.165, 1.54) is 12.3 Å². The van der Waals surface area contributed by atoms with Gasteiger partial charge in [-0.25, -0.2) is 18.2 Å². The first-order chi connectivity index (χ1) is 17.6. The standard InChI is InChI=1S/C25H27N5O6S/c1-15(2)35-25(31)29-11-18-13-34-14-19(12-29)22(18)36-24-27-10-17(9-26)23(28-24)30-7-6-16-8-20(37(3,32)33)4-5-21(16)30/h4-8,10,15,18-19,22H,11-14H2,1-3H3. The number of aromatic nitrogens is 3. The second-order valence-corrected chi connectivity index (χ2v) is 11.7. The second kappa shape index (κ2) is 9.64. The molecule has 2 atom stereocenters. The Kier molecular flexibility index (Phi) is 6.51. The number of hydrogen-bond acceptors (Lipinski definition) is 9. The minimum absolute atomic E-state index is 0.0864. The van der Waals surface area contributed by atoms with Crippen molar-refractivity contribution in [3.05, 3.63) is 42.2 Å². The molecule has 1 amide bonds.